The quantitative estimate of drug-likeness (QED) is 0.427. The lowest BCUT2D eigenvalue weighted by Crippen LogP contribution is -2.32. The first-order valence-electron chi connectivity index (χ1n) is 10.5. The number of rotatable bonds is 4. The molecule has 0 bridgehead atoms. The van der Waals surface area contributed by atoms with Crippen LogP contribution < -0.4 is 15.4 Å². The predicted octanol–water partition coefficient (Wildman–Crippen LogP) is 5.84. The number of hydrogen-bond acceptors (Lipinski definition) is 6. The van der Waals surface area contributed by atoms with E-state index in [1.54, 1.807) is 24.2 Å². The van der Waals surface area contributed by atoms with Gasteiger partial charge in [0.05, 0.1) is 11.4 Å². The molecular formula is C25H25N5OS. The fourth-order valence-corrected chi connectivity index (χ4v) is 4.94. The van der Waals surface area contributed by atoms with Crippen LogP contribution in [0.15, 0.2) is 84.1 Å². The number of pyridine rings is 1. The van der Waals surface area contributed by atoms with Crippen LogP contribution in [0, 0.1) is 0 Å². The molecule has 5 rings (SSSR count). The minimum Gasteiger partial charge on any atom is -0.437 e. The van der Waals surface area contributed by atoms with Crippen LogP contribution in [0.25, 0.3) is 5.69 Å². The molecule has 1 aliphatic heterocycles. The van der Waals surface area contributed by atoms with E-state index >= 15 is 0 Å². The molecule has 1 aliphatic rings. The monoisotopic (exact) mass is 443 g/mol. The number of ether oxygens (including phenoxy) is 1. The van der Waals surface area contributed by atoms with Gasteiger partial charge >= 0.3 is 0 Å². The van der Waals surface area contributed by atoms with Gasteiger partial charge in [0.1, 0.15) is 16.9 Å². The lowest BCUT2D eigenvalue weighted by Gasteiger charge is -2.26. The van der Waals surface area contributed by atoms with Crippen molar-refractivity contribution in [1.29, 1.82) is 0 Å². The zero-order chi connectivity index (χ0) is 22.3. The smallest absolute Gasteiger partial charge is 0.243 e. The molecule has 0 spiro atoms. The highest BCUT2D eigenvalue weighted by molar-refractivity contribution is 8.00. The third-order valence-corrected chi connectivity index (χ3v) is 6.42. The molecule has 6 nitrogen and oxygen atoms in total. The van der Waals surface area contributed by atoms with Gasteiger partial charge in [0, 0.05) is 29.0 Å². The van der Waals surface area contributed by atoms with Crippen molar-refractivity contribution in [2.75, 3.05) is 4.90 Å². The molecule has 0 fully saturated rings. The molecule has 32 heavy (non-hydrogen) atoms. The van der Waals surface area contributed by atoms with E-state index in [9.17, 15) is 0 Å². The van der Waals surface area contributed by atoms with Crippen LogP contribution in [-0.2, 0) is 5.41 Å². The van der Waals surface area contributed by atoms with Crippen molar-refractivity contribution < 1.29 is 4.74 Å². The van der Waals surface area contributed by atoms with Gasteiger partial charge in [-0.25, -0.2) is 9.67 Å². The Hall–Kier alpha value is -3.29. The summed E-state index contributed by atoms with van der Waals surface area (Å²) in [6.45, 7) is 6.53. The Bertz CT molecular complexity index is 1250. The number of aromatic nitrogens is 3. The van der Waals surface area contributed by atoms with E-state index in [0.717, 1.165) is 33.3 Å². The van der Waals surface area contributed by atoms with Crippen LogP contribution in [-0.4, -0.2) is 20.3 Å². The van der Waals surface area contributed by atoms with Crippen molar-refractivity contribution in [3.63, 3.8) is 0 Å². The average Bonchev–Trinajstić information content (AvgIpc) is 3.41. The topological polar surface area (TPSA) is 69.2 Å². The van der Waals surface area contributed by atoms with Gasteiger partial charge in [0.2, 0.25) is 5.88 Å². The summed E-state index contributed by atoms with van der Waals surface area (Å²) < 4.78 is 8.24. The highest BCUT2D eigenvalue weighted by Crippen LogP contribution is 2.49. The van der Waals surface area contributed by atoms with E-state index in [2.05, 4.69) is 54.0 Å². The summed E-state index contributed by atoms with van der Waals surface area (Å²) in [5.41, 5.74) is 10.2. The molecule has 2 N–H and O–H groups in total. The normalized spacial score (nSPS) is 15.6. The van der Waals surface area contributed by atoms with Crippen LogP contribution in [0.4, 0.5) is 11.4 Å². The van der Waals surface area contributed by atoms with Crippen molar-refractivity contribution in [2.45, 2.75) is 36.6 Å². The van der Waals surface area contributed by atoms with E-state index < -0.39 is 0 Å². The molecule has 4 aromatic rings. The molecule has 3 heterocycles. The van der Waals surface area contributed by atoms with E-state index in [0.29, 0.717) is 5.88 Å². The van der Waals surface area contributed by atoms with Gasteiger partial charge in [-0.15, -0.1) is 0 Å². The SMILES string of the molecule is CC(C)(C)c1ccccc1Oc1ncccc1N1c2ccc(-n3cccn3)cc2SC1N. The lowest BCUT2D eigenvalue weighted by molar-refractivity contribution is 0.440. The number of hydrogen-bond donors (Lipinski definition) is 1. The van der Waals surface area contributed by atoms with Gasteiger partial charge in [-0.3, -0.25) is 0 Å². The van der Waals surface area contributed by atoms with Crippen molar-refractivity contribution in [1.82, 2.24) is 14.8 Å². The highest BCUT2D eigenvalue weighted by atomic mass is 32.2. The Kier molecular flexibility index (Phi) is 5.15. The zero-order valence-electron chi connectivity index (χ0n) is 18.3. The molecule has 0 radical (unpaired) electrons. The summed E-state index contributed by atoms with van der Waals surface area (Å²) in [6, 6.07) is 20.2. The van der Waals surface area contributed by atoms with Gasteiger partial charge in [-0.1, -0.05) is 50.7 Å². The third kappa shape index (κ3) is 3.74. The highest BCUT2D eigenvalue weighted by Gasteiger charge is 2.32. The van der Waals surface area contributed by atoms with E-state index in [-0.39, 0.29) is 10.9 Å². The summed E-state index contributed by atoms with van der Waals surface area (Å²) in [6.07, 6.45) is 5.45. The maximum Gasteiger partial charge on any atom is 0.243 e. The summed E-state index contributed by atoms with van der Waals surface area (Å²) in [5, 5.41) is 4.33. The lowest BCUT2D eigenvalue weighted by atomic mass is 9.86. The Balaban J connectivity index is 1.53. The molecule has 7 heteroatoms. The maximum absolute atomic E-state index is 6.57. The number of anilines is 2. The molecule has 2 aromatic carbocycles. The van der Waals surface area contributed by atoms with Crippen LogP contribution in [0.2, 0.25) is 0 Å². The first-order chi connectivity index (χ1) is 15.4. The molecule has 1 unspecified atom stereocenters. The van der Waals surface area contributed by atoms with Crippen LogP contribution in [0.5, 0.6) is 11.6 Å². The Morgan fingerprint density at radius 3 is 2.59 bits per heavy atom. The molecule has 0 amide bonds. The second-order valence-electron chi connectivity index (χ2n) is 8.66. The second kappa shape index (κ2) is 8.00. The number of benzene rings is 2. The van der Waals surface area contributed by atoms with Crippen molar-refractivity contribution >= 4 is 23.1 Å². The molecule has 0 aliphatic carbocycles. The zero-order valence-corrected chi connectivity index (χ0v) is 19.1. The Morgan fingerprint density at radius 1 is 0.969 bits per heavy atom. The average molecular weight is 444 g/mol. The molecule has 0 saturated carbocycles. The summed E-state index contributed by atoms with van der Waals surface area (Å²) in [7, 11) is 0. The number of fused-ring (bicyclic) bond motifs is 1. The minimum absolute atomic E-state index is 0.0546. The van der Waals surface area contributed by atoms with Crippen molar-refractivity contribution in [3.05, 3.63) is 84.8 Å². The molecule has 2 aromatic heterocycles. The predicted molar refractivity (Wildman–Crippen MR) is 129 cm³/mol. The number of nitrogens with zero attached hydrogens (tertiary/aromatic N) is 4. The Labute approximate surface area is 192 Å². The summed E-state index contributed by atoms with van der Waals surface area (Å²) in [4.78, 5) is 7.74. The van der Waals surface area contributed by atoms with Gasteiger partial charge in [-0.2, -0.15) is 5.10 Å². The van der Waals surface area contributed by atoms with Gasteiger partial charge < -0.3 is 15.4 Å². The van der Waals surface area contributed by atoms with E-state index in [1.807, 2.05) is 53.3 Å². The van der Waals surface area contributed by atoms with Gasteiger partial charge in [0.25, 0.3) is 0 Å². The largest absolute Gasteiger partial charge is 0.437 e. The number of thioether (sulfide) groups is 1. The molecular weight excluding hydrogens is 418 g/mol. The molecule has 0 saturated heterocycles. The minimum atomic E-state index is -0.290. The Morgan fingerprint density at radius 2 is 1.81 bits per heavy atom. The second-order valence-corrected chi connectivity index (χ2v) is 9.82. The summed E-state index contributed by atoms with van der Waals surface area (Å²) in [5.74, 6) is 1.33. The fraction of sp³-hybridized carbons (Fsp3) is 0.200. The van der Waals surface area contributed by atoms with Crippen molar-refractivity contribution in [2.24, 2.45) is 5.73 Å². The van der Waals surface area contributed by atoms with E-state index in [4.69, 9.17) is 10.5 Å². The van der Waals surface area contributed by atoms with Gasteiger partial charge in [-0.05, 0) is 47.9 Å². The van der Waals surface area contributed by atoms with E-state index in [1.165, 1.54) is 0 Å². The standard InChI is InChI=1S/C25H25N5OS/c1-25(2,3)18-8-4-5-10-21(18)31-23-20(9-6-13-27-23)30-19-12-11-17(29-15-7-14-28-29)16-22(19)32-24(30)26/h4-16,24H,26H2,1-3H3. The van der Waals surface area contributed by atoms with Crippen LogP contribution >= 0.6 is 11.8 Å². The van der Waals surface area contributed by atoms with Gasteiger partial charge in [0.15, 0.2) is 0 Å². The third-order valence-electron chi connectivity index (χ3n) is 5.39. The summed E-state index contributed by atoms with van der Waals surface area (Å²) >= 11 is 1.61. The molecule has 1 atom stereocenters. The fourth-order valence-electron chi connectivity index (χ4n) is 3.87. The first-order valence-corrected chi connectivity index (χ1v) is 11.4. The maximum atomic E-state index is 6.57. The van der Waals surface area contributed by atoms with Crippen LogP contribution in [0.3, 0.4) is 0 Å². The van der Waals surface area contributed by atoms with Crippen molar-refractivity contribution in [3.8, 4) is 17.3 Å². The number of nitrogens with two attached hydrogens (primary N) is 1. The van der Waals surface area contributed by atoms with Crippen LogP contribution in [0.1, 0.15) is 26.3 Å². The molecule has 162 valence electrons. The first kappa shape index (κ1) is 20.6. The number of para-hydroxylation sites is 1.